The summed E-state index contributed by atoms with van der Waals surface area (Å²) in [7, 11) is 0. The lowest BCUT2D eigenvalue weighted by Gasteiger charge is -2.32. The van der Waals surface area contributed by atoms with Crippen LogP contribution in [0.4, 0.5) is 5.82 Å². The Bertz CT molecular complexity index is 581. The molecule has 0 atom stereocenters. The highest BCUT2D eigenvalue weighted by Gasteiger charge is 2.24. The van der Waals surface area contributed by atoms with Gasteiger partial charge < -0.3 is 15.0 Å². The number of nitrogens with zero attached hydrogens (tertiary/aromatic N) is 4. The van der Waals surface area contributed by atoms with Crippen molar-refractivity contribution in [2.75, 3.05) is 57.4 Å². The molecule has 0 saturated carbocycles. The molecule has 1 amide bonds. The fourth-order valence-electron chi connectivity index (χ4n) is 3.58. The van der Waals surface area contributed by atoms with Gasteiger partial charge in [0.15, 0.2) is 0 Å². The Morgan fingerprint density at radius 1 is 1.24 bits per heavy atom. The van der Waals surface area contributed by atoms with Crippen LogP contribution in [0, 0.1) is 6.92 Å². The molecular weight excluding hydrogens is 318 g/mol. The first-order valence-electron chi connectivity index (χ1n) is 9.33. The number of anilines is 1. The third-order valence-corrected chi connectivity index (χ3v) is 4.93. The number of amides is 1. The number of morpholine rings is 1. The second kappa shape index (κ2) is 8.58. The van der Waals surface area contributed by atoms with Crippen molar-refractivity contribution in [2.24, 2.45) is 0 Å². The van der Waals surface area contributed by atoms with Crippen LogP contribution in [0.5, 0.6) is 0 Å². The van der Waals surface area contributed by atoms with E-state index in [-0.39, 0.29) is 5.91 Å². The molecule has 0 unspecified atom stereocenters. The number of aromatic nitrogens is 2. The highest BCUT2D eigenvalue weighted by Crippen LogP contribution is 2.28. The Kier molecular flexibility index (Phi) is 6.20. The van der Waals surface area contributed by atoms with Crippen LogP contribution in [0.25, 0.3) is 0 Å². The smallest absolute Gasteiger partial charge is 0.234 e. The van der Waals surface area contributed by atoms with Crippen molar-refractivity contribution in [1.82, 2.24) is 20.2 Å². The zero-order chi connectivity index (χ0) is 17.6. The van der Waals surface area contributed by atoms with Gasteiger partial charge >= 0.3 is 0 Å². The van der Waals surface area contributed by atoms with E-state index in [0.29, 0.717) is 19.0 Å². The maximum absolute atomic E-state index is 11.7. The number of carbonyl (C=O) groups excluding carboxylic acids is 1. The zero-order valence-electron chi connectivity index (χ0n) is 15.3. The fraction of sp³-hybridized carbons (Fsp3) is 0.722. The van der Waals surface area contributed by atoms with E-state index in [1.54, 1.807) is 0 Å². The topological polar surface area (TPSA) is 70.6 Å². The third kappa shape index (κ3) is 4.89. The number of aryl methyl sites for hydroxylation is 1. The van der Waals surface area contributed by atoms with Crippen LogP contribution < -0.4 is 10.2 Å². The molecule has 2 fully saturated rings. The van der Waals surface area contributed by atoms with Gasteiger partial charge in [0.05, 0.1) is 19.8 Å². The van der Waals surface area contributed by atoms with E-state index in [1.807, 2.05) is 13.8 Å². The Hall–Kier alpha value is -1.73. The summed E-state index contributed by atoms with van der Waals surface area (Å²) in [6.45, 7) is 10.3. The van der Waals surface area contributed by atoms with Crippen LogP contribution >= 0.6 is 0 Å². The molecule has 0 spiro atoms. The third-order valence-electron chi connectivity index (χ3n) is 4.93. The molecule has 138 valence electrons. The number of rotatable bonds is 5. The average Bonchev–Trinajstić information content (AvgIpc) is 2.63. The van der Waals surface area contributed by atoms with Crippen LogP contribution in [0.2, 0.25) is 0 Å². The largest absolute Gasteiger partial charge is 0.378 e. The molecule has 0 bridgehead atoms. The first kappa shape index (κ1) is 18.1. The quantitative estimate of drug-likeness (QED) is 0.855. The van der Waals surface area contributed by atoms with Gasteiger partial charge in [-0.15, -0.1) is 0 Å². The molecular formula is C18H29N5O2. The zero-order valence-corrected chi connectivity index (χ0v) is 15.3. The van der Waals surface area contributed by atoms with Gasteiger partial charge in [-0.2, -0.15) is 0 Å². The molecule has 1 aromatic rings. The lowest BCUT2D eigenvalue weighted by Crippen LogP contribution is -2.41. The van der Waals surface area contributed by atoms with Crippen molar-refractivity contribution < 1.29 is 9.53 Å². The summed E-state index contributed by atoms with van der Waals surface area (Å²) in [6, 6.07) is 2.16. The molecule has 3 heterocycles. The number of hydrogen-bond acceptors (Lipinski definition) is 6. The first-order chi connectivity index (χ1) is 12.2. The Morgan fingerprint density at radius 3 is 2.64 bits per heavy atom. The highest BCUT2D eigenvalue weighted by atomic mass is 16.5. The summed E-state index contributed by atoms with van der Waals surface area (Å²) < 4.78 is 5.44. The molecule has 1 aromatic heterocycles. The van der Waals surface area contributed by atoms with Gasteiger partial charge in [0.25, 0.3) is 0 Å². The lowest BCUT2D eigenvalue weighted by atomic mass is 9.93. The normalized spacial score (nSPS) is 19.8. The van der Waals surface area contributed by atoms with Crippen LogP contribution in [-0.2, 0) is 9.53 Å². The molecule has 25 heavy (non-hydrogen) atoms. The molecule has 0 aliphatic carbocycles. The van der Waals surface area contributed by atoms with E-state index in [2.05, 4.69) is 26.2 Å². The molecule has 0 aromatic carbocycles. The number of carbonyl (C=O) groups is 1. The van der Waals surface area contributed by atoms with Crippen molar-refractivity contribution >= 4 is 11.7 Å². The molecule has 2 aliphatic heterocycles. The van der Waals surface area contributed by atoms with Crippen LogP contribution in [0.1, 0.15) is 37.2 Å². The molecule has 2 saturated heterocycles. The monoisotopic (exact) mass is 347 g/mol. The highest BCUT2D eigenvalue weighted by molar-refractivity contribution is 5.77. The Balaban J connectivity index is 1.61. The van der Waals surface area contributed by atoms with E-state index >= 15 is 0 Å². The molecule has 0 radical (unpaired) electrons. The molecule has 3 rings (SSSR count). The Labute approximate surface area is 149 Å². The second-order valence-electron chi connectivity index (χ2n) is 6.80. The summed E-state index contributed by atoms with van der Waals surface area (Å²) in [6.07, 6.45) is 2.08. The lowest BCUT2D eigenvalue weighted by molar-refractivity contribution is -0.122. The number of piperidine rings is 1. The predicted octanol–water partition coefficient (Wildman–Crippen LogP) is 0.937. The van der Waals surface area contributed by atoms with Crippen molar-refractivity contribution in [1.29, 1.82) is 0 Å². The van der Waals surface area contributed by atoms with Gasteiger partial charge in [0.2, 0.25) is 5.91 Å². The van der Waals surface area contributed by atoms with Crippen LogP contribution in [0.15, 0.2) is 6.07 Å². The van der Waals surface area contributed by atoms with E-state index in [0.717, 1.165) is 69.6 Å². The van der Waals surface area contributed by atoms with Crippen molar-refractivity contribution in [3.8, 4) is 0 Å². The van der Waals surface area contributed by atoms with Gasteiger partial charge in [-0.05, 0) is 39.8 Å². The minimum atomic E-state index is 0.119. The number of likely N-dealkylation sites (N-methyl/N-ethyl adjacent to an activating group) is 1. The van der Waals surface area contributed by atoms with Gasteiger partial charge in [-0.3, -0.25) is 9.69 Å². The van der Waals surface area contributed by atoms with Gasteiger partial charge in [-0.1, -0.05) is 0 Å². The minimum absolute atomic E-state index is 0.119. The molecule has 2 aliphatic rings. The van der Waals surface area contributed by atoms with Crippen molar-refractivity contribution in [3.05, 3.63) is 17.6 Å². The number of ether oxygens (including phenoxy) is 1. The van der Waals surface area contributed by atoms with Gasteiger partial charge in [0.1, 0.15) is 11.6 Å². The van der Waals surface area contributed by atoms with Crippen LogP contribution in [0.3, 0.4) is 0 Å². The summed E-state index contributed by atoms with van der Waals surface area (Å²) in [5.41, 5.74) is 1.15. The van der Waals surface area contributed by atoms with E-state index in [4.69, 9.17) is 9.72 Å². The number of likely N-dealkylation sites (tertiary alicyclic amines) is 1. The SMILES string of the molecule is CCNC(=O)CN1CCC(c2cc(N3CCOCC3)nc(C)n2)CC1. The number of hydrogen-bond donors (Lipinski definition) is 1. The maximum Gasteiger partial charge on any atom is 0.234 e. The minimum Gasteiger partial charge on any atom is -0.378 e. The standard InChI is InChI=1S/C18H29N5O2/c1-3-19-18(24)13-22-6-4-15(5-7-22)16-12-17(21-14(2)20-16)23-8-10-25-11-9-23/h12,15H,3-11,13H2,1-2H3,(H,19,24). The second-order valence-corrected chi connectivity index (χ2v) is 6.80. The van der Waals surface area contributed by atoms with E-state index < -0.39 is 0 Å². The van der Waals surface area contributed by atoms with Crippen molar-refractivity contribution in [3.63, 3.8) is 0 Å². The van der Waals surface area contributed by atoms with Crippen LogP contribution in [-0.4, -0.2) is 73.3 Å². The molecule has 1 N–H and O–H groups in total. The van der Waals surface area contributed by atoms with Gasteiger partial charge in [0, 0.05) is 37.3 Å². The summed E-state index contributed by atoms with van der Waals surface area (Å²) >= 11 is 0. The predicted molar refractivity (Wildman–Crippen MR) is 96.9 cm³/mol. The molecule has 7 nitrogen and oxygen atoms in total. The first-order valence-corrected chi connectivity index (χ1v) is 9.33. The summed E-state index contributed by atoms with van der Waals surface area (Å²) in [4.78, 5) is 25.6. The van der Waals surface area contributed by atoms with Gasteiger partial charge in [-0.25, -0.2) is 9.97 Å². The molecule has 7 heteroatoms. The average molecular weight is 347 g/mol. The number of nitrogens with one attached hydrogen (secondary N) is 1. The maximum atomic E-state index is 11.7. The van der Waals surface area contributed by atoms with Crippen molar-refractivity contribution in [2.45, 2.75) is 32.6 Å². The fourth-order valence-corrected chi connectivity index (χ4v) is 3.58. The Morgan fingerprint density at radius 2 is 1.96 bits per heavy atom. The van der Waals surface area contributed by atoms with E-state index in [9.17, 15) is 4.79 Å². The summed E-state index contributed by atoms with van der Waals surface area (Å²) in [5.74, 6) is 2.43. The van der Waals surface area contributed by atoms with E-state index in [1.165, 1.54) is 0 Å². The summed E-state index contributed by atoms with van der Waals surface area (Å²) in [5, 5.41) is 2.87.